The predicted octanol–water partition coefficient (Wildman–Crippen LogP) is 15.6. The van der Waals surface area contributed by atoms with Crippen LogP contribution in [0.2, 0.25) is 0 Å². The summed E-state index contributed by atoms with van der Waals surface area (Å²) < 4.78 is 23.3. The number of nitrogens with zero attached hydrogens (tertiary/aromatic N) is 1. The van der Waals surface area contributed by atoms with Crippen molar-refractivity contribution in [2.45, 2.75) is 270 Å². The first-order valence-corrected chi connectivity index (χ1v) is 28.8. The van der Waals surface area contributed by atoms with Gasteiger partial charge in [0.25, 0.3) is 7.82 Å². The van der Waals surface area contributed by atoms with Gasteiger partial charge in [0.2, 0.25) is 5.91 Å². The van der Waals surface area contributed by atoms with E-state index in [2.05, 4.69) is 43.5 Å². The number of carbonyl (C=O) groups is 1. The highest BCUT2D eigenvalue weighted by Crippen LogP contribution is 2.38. The van der Waals surface area contributed by atoms with Crippen molar-refractivity contribution in [2.75, 3.05) is 40.9 Å². The molecule has 0 aromatic heterocycles. The number of aliphatic hydroxyl groups is 1. The first-order valence-electron chi connectivity index (χ1n) is 27.4. The molecule has 0 bridgehead atoms. The second-order valence-electron chi connectivity index (χ2n) is 19.9. The van der Waals surface area contributed by atoms with Gasteiger partial charge >= 0.3 is 0 Å². The molecule has 0 aromatic rings. The standard InChI is InChI=1S/C55H107N2O6P/c1-6-8-10-12-14-16-18-20-22-24-26-28-30-32-34-36-38-40-42-44-46-48-54(58)53(52-63-64(60,61)62-51-50-57(3,4)5)56-55(59)49-47-45-43-41-39-37-35-33-31-29-27-25-23-21-19-17-15-13-11-9-7-2/h9,11,15,17,46,48,53-54,58H,6-8,10,12-14,16,18-45,47,49-52H2,1-5H3,(H-,56,59,60,61)/b11-9-,17-15-,48-46+. The molecule has 0 aliphatic carbocycles. The number of rotatable bonds is 50. The molecule has 9 heteroatoms. The molecule has 1 amide bonds. The highest BCUT2D eigenvalue weighted by Gasteiger charge is 2.23. The number of quaternary nitrogens is 1. The second kappa shape index (κ2) is 46.8. The van der Waals surface area contributed by atoms with Crippen LogP contribution in [0.3, 0.4) is 0 Å². The third-order valence-electron chi connectivity index (χ3n) is 12.4. The van der Waals surface area contributed by atoms with Crippen molar-refractivity contribution in [3.05, 3.63) is 36.5 Å². The van der Waals surface area contributed by atoms with Crippen molar-refractivity contribution >= 4 is 13.7 Å². The number of phosphoric acid groups is 1. The quantitative estimate of drug-likeness (QED) is 0.0272. The minimum absolute atomic E-state index is 0.000118. The maximum absolute atomic E-state index is 12.9. The van der Waals surface area contributed by atoms with Crippen LogP contribution >= 0.6 is 7.82 Å². The maximum Gasteiger partial charge on any atom is 0.268 e. The van der Waals surface area contributed by atoms with E-state index >= 15 is 0 Å². The van der Waals surface area contributed by atoms with Gasteiger partial charge in [0, 0.05) is 6.42 Å². The molecule has 0 aliphatic heterocycles. The smallest absolute Gasteiger partial charge is 0.268 e. The molecule has 2 N–H and O–H groups in total. The van der Waals surface area contributed by atoms with Gasteiger partial charge in [-0.1, -0.05) is 243 Å². The molecule has 0 fully saturated rings. The summed E-state index contributed by atoms with van der Waals surface area (Å²) in [7, 11) is 1.27. The van der Waals surface area contributed by atoms with Crippen LogP contribution in [0.25, 0.3) is 0 Å². The molecular formula is C55H107N2O6P. The average molecular weight is 923 g/mol. The van der Waals surface area contributed by atoms with E-state index in [1.165, 1.54) is 186 Å². The highest BCUT2D eigenvalue weighted by atomic mass is 31.2. The van der Waals surface area contributed by atoms with Crippen LogP contribution in [0.1, 0.15) is 258 Å². The molecular weight excluding hydrogens is 816 g/mol. The zero-order valence-electron chi connectivity index (χ0n) is 43.0. The normalized spacial score (nSPS) is 14.3. The Hall–Kier alpha value is -1.28. The molecule has 64 heavy (non-hydrogen) atoms. The van der Waals surface area contributed by atoms with Crippen molar-refractivity contribution in [1.29, 1.82) is 0 Å². The van der Waals surface area contributed by atoms with E-state index in [1.807, 2.05) is 27.2 Å². The molecule has 3 unspecified atom stereocenters. The van der Waals surface area contributed by atoms with E-state index in [0.717, 1.165) is 51.4 Å². The van der Waals surface area contributed by atoms with Gasteiger partial charge < -0.3 is 28.8 Å². The summed E-state index contributed by atoms with van der Waals surface area (Å²) in [4.78, 5) is 25.5. The van der Waals surface area contributed by atoms with Crippen molar-refractivity contribution in [2.24, 2.45) is 0 Å². The van der Waals surface area contributed by atoms with E-state index in [4.69, 9.17) is 9.05 Å². The minimum Gasteiger partial charge on any atom is -0.756 e. The number of phosphoric ester groups is 1. The minimum atomic E-state index is -4.59. The first kappa shape index (κ1) is 62.7. The van der Waals surface area contributed by atoms with E-state index in [1.54, 1.807) is 6.08 Å². The number of nitrogens with one attached hydrogen (secondary N) is 1. The van der Waals surface area contributed by atoms with Crippen LogP contribution in [-0.2, 0) is 18.4 Å². The van der Waals surface area contributed by atoms with Gasteiger partial charge in [-0.3, -0.25) is 9.36 Å². The molecule has 0 aromatic carbocycles. The maximum atomic E-state index is 12.9. The third-order valence-corrected chi connectivity index (χ3v) is 13.3. The highest BCUT2D eigenvalue weighted by molar-refractivity contribution is 7.45. The third kappa shape index (κ3) is 48.6. The van der Waals surface area contributed by atoms with Gasteiger partial charge in [-0.25, -0.2) is 0 Å². The Balaban J connectivity index is 4.24. The van der Waals surface area contributed by atoms with E-state index in [-0.39, 0.29) is 19.1 Å². The summed E-state index contributed by atoms with van der Waals surface area (Å²) in [6.45, 7) is 4.58. The van der Waals surface area contributed by atoms with Gasteiger partial charge in [0.1, 0.15) is 13.2 Å². The van der Waals surface area contributed by atoms with Crippen LogP contribution in [0.4, 0.5) is 0 Å². The average Bonchev–Trinajstić information content (AvgIpc) is 3.25. The van der Waals surface area contributed by atoms with Crippen LogP contribution in [0, 0.1) is 0 Å². The molecule has 8 nitrogen and oxygen atoms in total. The number of hydrogen-bond donors (Lipinski definition) is 2. The number of aliphatic hydroxyl groups excluding tert-OH is 1. The number of hydrogen-bond acceptors (Lipinski definition) is 6. The molecule has 0 radical (unpaired) electrons. The lowest BCUT2D eigenvalue weighted by molar-refractivity contribution is -0.870. The Morgan fingerprint density at radius 1 is 0.562 bits per heavy atom. The summed E-state index contributed by atoms with van der Waals surface area (Å²) >= 11 is 0. The Kier molecular flexibility index (Phi) is 45.9. The Morgan fingerprint density at radius 3 is 1.38 bits per heavy atom. The number of allylic oxidation sites excluding steroid dienone is 5. The van der Waals surface area contributed by atoms with E-state index < -0.39 is 20.0 Å². The monoisotopic (exact) mass is 923 g/mol. The summed E-state index contributed by atoms with van der Waals surface area (Å²) in [6, 6.07) is -0.886. The number of unbranched alkanes of at least 4 members (excludes halogenated alkanes) is 33. The van der Waals surface area contributed by atoms with Crippen molar-refractivity contribution in [3.8, 4) is 0 Å². The molecule has 0 heterocycles. The second-order valence-corrected chi connectivity index (χ2v) is 21.3. The fourth-order valence-corrected chi connectivity index (χ4v) is 8.80. The van der Waals surface area contributed by atoms with Gasteiger partial charge in [-0.15, -0.1) is 0 Å². The molecule has 378 valence electrons. The van der Waals surface area contributed by atoms with Crippen molar-refractivity contribution in [1.82, 2.24) is 5.32 Å². The topological polar surface area (TPSA) is 108 Å². The first-order chi connectivity index (χ1) is 31.0. The zero-order valence-corrected chi connectivity index (χ0v) is 43.9. The summed E-state index contributed by atoms with van der Waals surface area (Å²) in [5.41, 5.74) is 0. The van der Waals surface area contributed by atoms with Crippen LogP contribution in [0.5, 0.6) is 0 Å². The molecule has 0 saturated heterocycles. The van der Waals surface area contributed by atoms with Gasteiger partial charge in [-0.05, 0) is 44.9 Å². The SMILES string of the molecule is CC/C=C\C/C=C\CCCCCCCCCCCCCCCCC(=O)NC(COP(=O)([O-])OCC[N+](C)(C)C)C(O)/C=C/CCCCCCCCCCCCCCCCCCCCC. The van der Waals surface area contributed by atoms with Crippen LogP contribution in [0.15, 0.2) is 36.5 Å². The van der Waals surface area contributed by atoms with Gasteiger partial charge in [-0.2, -0.15) is 0 Å². The summed E-state index contributed by atoms with van der Waals surface area (Å²) in [5.74, 6) is -0.196. The lowest BCUT2D eigenvalue weighted by Crippen LogP contribution is -2.45. The fourth-order valence-electron chi connectivity index (χ4n) is 8.07. The van der Waals surface area contributed by atoms with Crippen LogP contribution < -0.4 is 10.2 Å². The zero-order chi connectivity index (χ0) is 47.1. The molecule has 3 atom stereocenters. The Labute approximate surface area is 397 Å². The van der Waals surface area contributed by atoms with Crippen molar-refractivity contribution in [3.63, 3.8) is 0 Å². The molecule has 0 spiro atoms. The predicted molar refractivity (Wildman–Crippen MR) is 275 cm³/mol. The van der Waals surface area contributed by atoms with Crippen molar-refractivity contribution < 1.29 is 32.9 Å². The van der Waals surface area contributed by atoms with Gasteiger partial charge in [0.15, 0.2) is 0 Å². The Morgan fingerprint density at radius 2 is 0.953 bits per heavy atom. The van der Waals surface area contributed by atoms with E-state index in [0.29, 0.717) is 17.4 Å². The molecule has 0 rings (SSSR count). The lowest BCUT2D eigenvalue weighted by Gasteiger charge is -2.29. The molecule has 0 aliphatic rings. The van der Waals surface area contributed by atoms with Gasteiger partial charge in [0.05, 0.1) is 39.9 Å². The van der Waals surface area contributed by atoms with E-state index in [9.17, 15) is 19.4 Å². The largest absolute Gasteiger partial charge is 0.756 e. The van der Waals surface area contributed by atoms with Crippen LogP contribution in [-0.4, -0.2) is 68.5 Å². The number of carbonyl (C=O) groups excluding carboxylic acids is 1. The number of likely N-dealkylation sites (N-methyl/N-ethyl adjacent to an activating group) is 1. The molecule has 0 saturated carbocycles. The fraction of sp³-hybridized carbons (Fsp3) is 0.873. The Bertz CT molecular complexity index is 1140. The number of amides is 1. The summed E-state index contributed by atoms with van der Waals surface area (Å²) in [5, 5.41) is 13.9. The summed E-state index contributed by atoms with van der Waals surface area (Å²) in [6.07, 6.45) is 59.2. The lowest BCUT2D eigenvalue weighted by atomic mass is 10.0.